The Kier molecular flexibility index (Phi) is 2.78. The molecule has 4 atom stereocenters. The lowest BCUT2D eigenvalue weighted by Crippen LogP contribution is -2.38. The van der Waals surface area contributed by atoms with Crippen LogP contribution >= 0.6 is 0 Å². The Morgan fingerprint density at radius 2 is 1.57 bits per heavy atom. The van der Waals surface area contributed by atoms with Crippen molar-refractivity contribution in [3.8, 4) is 0 Å². The number of fused-ring (bicyclic) bond motifs is 1. The van der Waals surface area contributed by atoms with Gasteiger partial charge in [0, 0.05) is 0 Å². The van der Waals surface area contributed by atoms with Gasteiger partial charge < -0.3 is 0 Å². The van der Waals surface area contributed by atoms with Gasteiger partial charge in [0.25, 0.3) is 0 Å². The largest absolute Gasteiger partial charge is 0.278 e. The predicted molar refractivity (Wildman–Crippen MR) is 79.1 cm³/mol. The minimum absolute atomic E-state index is 0.0484. The molecule has 1 aromatic carbocycles. The van der Waals surface area contributed by atoms with E-state index in [4.69, 9.17) is 0 Å². The number of allylic oxidation sites excluding steroid dienone is 2. The second kappa shape index (κ2) is 4.55. The van der Waals surface area contributed by atoms with Crippen LogP contribution in [0.3, 0.4) is 0 Å². The van der Waals surface area contributed by atoms with Crippen LogP contribution in [0, 0.1) is 30.6 Å². The Hall–Kier alpha value is -1.90. The van der Waals surface area contributed by atoms with E-state index < -0.39 is 0 Å². The maximum atomic E-state index is 12.7. The number of carbonyl (C=O) groups excluding carboxylic acids is 2. The van der Waals surface area contributed by atoms with Crippen molar-refractivity contribution in [3.63, 3.8) is 0 Å². The monoisotopic (exact) mass is 281 g/mol. The maximum absolute atomic E-state index is 12.7. The third-order valence-electron chi connectivity index (χ3n) is 5.44. The molecule has 0 aromatic heterocycles. The number of benzene rings is 1. The van der Waals surface area contributed by atoms with E-state index in [9.17, 15) is 9.59 Å². The van der Waals surface area contributed by atoms with Crippen LogP contribution in [-0.4, -0.2) is 16.7 Å². The standard InChI is InChI=1S/C18H19NO2/c1-11-4-2-3-5-14(11)10-19-17(20)15-12-6-7-13(9-8-12)16(15)18(19)21/h2-7,12-13,15-16H,8-10H2,1H3. The summed E-state index contributed by atoms with van der Waals surface area (Å²) in [5, 5.41) is 0. The number of rotatable bonds is 2. The molecule has 108 valence electrons. The Morgan fingerprint density at radius 3 is 2.10 bits per heavy atom. The van der Waals surface area contributed by atoms with Gasteiger partial charge in [-0.25, -0.2) is 0 Å². The third-order valence-corrected chi connectivity index (χ3v) is 5.44. The summed E-state index contributed by atoms with van der Waals surface area (Å²) in [7, 11) is 0. The highest BCUT2D eigenvalue weighted by Gasteiger charge is 2.56. The van der Waals surface area contributed by atoms with E-state index in [2.05, 4.69) is 12.2 Å². The van der Waals surface area contributed by atoms with Crippen LogP contribution in [0.1, 0.15) is 24.0 Å². The summed E-state index contributed by atoms with van der Waals surface area (Å²) in [6, 6.07) is 7.98. The molecule has 1 saturated carbocycles. The molecule has 5 rings (SSSR count). The average Bonchev–Trinajstić information content (AvgIpc) is 2.78. The molecule has 2 bridgehead atoms. The van der Waals surface area contributed by atoms with Crippen molar-refractivity contribution in [2.24, 2.45) is 23.7 Å². The lowest BCUT2D eigenvalue weighted by Gasteiger charge is -2.38. The van der Waals surface area contributed by atoms with Crippen molar-refractivity contribution in [3.05, 3.63) is 47.5 Å². The first-order valence-electron chi connectivity index (χ1n) is 7.75. The number of amides is 2. The molecule has 3 heteroatoms. The van der Waals surface area contributed by atoms with E-state index in [1.165, 1.54) is 4.90 Å². The SMILES string of the molecule is Cc1ccccc1CN1C(=O)C2C3C=CC(CC3)C2C1=O. The summed E-state index contributed by atoms with van der Waals surface area (Å²) >= 11 is 0. The fraction of sp³-hybridized carbons (Fsp3) is 0.444. The van der Waals surface area contributed by atoms with E-state index in [0.29, 0.717) is 6.54 Å². The van der Waals surface area contributed by atoms with Gasteiger partial charge in [0.05, 0.1) is 18.4 Å². The minimum Gasteiger partial charge on any atom is -0.278 e. The van der Waals surface area contributed by atoms with Crippen molar-refractivity contribution in [1.29, 1.82) is 0 Å². The van der Waals surface area contributed by atoms with E-state index in [-0.39, 0.29) is 35.5 Å². The lowest BCUT2D eigenvalue weighted by molar-refractivity contribution is -0.140. The molecule has 0 spiro atoms. The second-order valence-corrected chi connectivity index (χ2v) is 6.53. The smallest absolute Gasteiger partial charge is 0.234 e. The molecule has 1 aliphatic heterocycles. The van der Waals surface area contributed by atoms with Crippen molar-refractivity contribution >= 4 is 11.8 Å². The van der Waals surface area contributed by atoms with Crippen LogP contribution < -0.4 is 0 Å². The fourth-order valence-corrected chi connectivity index (χ4v) is 4.25. The average molecular weight is 281 g/mol. The van der Waals surface area contributed by atoms with Gasteiger partial charge in [-0.1, -0.05) is 36.4 Å². The van der Waals surface area contributed by atoms with Gasteiger partial charge in [0.2, 0.25) is 11.8 Å². The molecular formula is C18H19NO2. The topological polar surface area (TPSA) is 37.4 Å². The number of likely N-dealkylation sites (tertiary alicyclic amines) is 1. The summed E-state index contributed by atoms with van der Waals surface area (Å²) in [5.41, 5.74) is 2.20. The molecule has 21 heavy (non-hydrogen) atoms. The number of aryl methyl sites for hydroxylation is 1. The molecule has 4 aliphatic rings. The summed E-state index contributed by atoms with van der Waals surface area (Å²) in [6.45, 7) is 2.45. The summed E-state index contributed by atoms with van der Waals surface area (Å²) in [4.78, 5) is 27.0. The first kappa shape index (κ1) is 12.8. The zero-order valence-electron chi connectivity index (χ0n) is 12.2. The molecule has 2 fully saturated rings. The lowest BCUT2D eigenvalue weighted by atomic mass is 9.63. The molecule has 0 N–H and O–H groups in total. The van der Waals surface area contributed by atoms with Gasteiger partial charge in [-0.2, -0.15) is 0 Å². The van der Waals surface area contributed by atoms with E-state index >= 15 is 0 Å². The third kappa shape index (κ3) is 1.80. The number of carbonyl (C=O) groups is 2. The summed E-state index contributed by atoms with van der Waals surface area (Å²) in [6.07, 6.45) is 6.44. The van der Waals surface area contributed by atoms with E-state index in [1.807, 2.05) is 31.2 Å². The van der Waals surface area contributed by atoms with Gasteiger partial charge in [-0.15, -0.1) is 0 Å². The zero-order chi connectivity index (χ0) is 14.6. The molecule has 3 aliphatic carbocycles. The highest BCUT2D eigenvalue weighted by atomic mass is 16.2. The fourth-order valence-electron chi connectivity index (χ4n) is 4.25. The summed E-state index contributed by atoms with van der Waals surface area (Å²) in [5.74, 6) is 0.465. The highest BCUT2D eigenvalue weighted by Crippen LogP contribution is 2.49. The van der Waals surface area contributed by atoms with Gasteiger partial charge in [-0.05, 0) is 42.7 Å². The van der Waals surface area contributed by atoms with Gasteiger partial charge in [0.1, 0.15) is 0 Å². The van der Waals surface area contributed by atoms with Gasteiger partial charge >= 0.3 is 0 Å². The van der Waals surface area contributed by atoms with Crippen LogP contribution in [0.25, 0.3) is 0 Å². The molecule has 1 heterocycles. The van der Waals surface area contributed by atoms with Crippen molar-refractivity contribution in [1.82, 2.24) is 4.90 Å². The molecule has 1 aromatic rings. The Morgan fingerprint density at radius 1 is 1.00 bits per heavy atom. The first-order valence-corrected chi connectivity index (χ1v) is 7.75. The minimum atomic E-state index is -0.0923. The first-order chi connectivity index (χ1) is 10.2. The summed E-state index contributed by atoms with van der Waals surface area (Å²) < 4.78 is 0. The molecular weight excluding hydrogens is 262 g/mol. The molecule has 2 amide bonds. The second-order valence-electron chi connectivity index (χ2n) is 6.53. The number of imide groups is 1. The Labute approximate surface area is 124 Å². The number of hydrogen-bond donors (Lipinski definition) is 0. The van der Waals surface area contributed by atoms with Crippen LogP contribution in [0.2, 0.25) is 0 Å². The van der Waals surface area contributed by atoms with Gasteiger partial charge in [-0.3, -0.25) is 14.5 Å². The zero-order valence-corrected chi connectivity index (χ0v) is 12.2. The molecule has 0 radical (unpaired) electrons. The van der Waals surface area contributed by atoms with Crippen molar-refractivity contribution in [2.45, 2.75) is 26.3 Å². The van der Waals surface area contributed by atoms with Crippen LogP contribution in [0.15, 0.2) is 36.4 Å². The Balaban J connectivity index is 1.65. The van der Waals surface area contributed by atoms with E-state index in [0.717, 1.165) is 24.0 Å². The van der Waals surface area contributed by atoms with Gasteiger partial charge in [0.15, 0.2) is 0 Å². The van der Waals surface area contributed by atoms with Crippen LogP contribution in [-0.2, 0) is 16.1 Å². The maximum Gasteiger partial charge on any atom is 0.234 e. The number of nitrogens with zero attached hydrogens (tertiary/aromatic N) is 1. The molecule has 3 nitrogen and oxygen atoms in total. The Bertz CT molecular complexity index is 616. The normalized spacial score (nSPS) is 33.7. The molecule has 1 saturated heterocycles. The van der Waals surface area contributed by atoms with Crippen LogP contribution in [0.4, 0.5) is 0 Å². The van der Waals surface area contributed by atoms with Crippen molar-refractivity contribution < 1.29 is 9.59 Å². The molecule has 4 unspecified atom stereocenters. The van der Waals surface area contributed by atoms with E-state index in [1.54, 1.807) is 0 Å². The predicted octanol–water partition coefficient (Wildman–Crippen LogP) is 2.69. The van der Waals surface area contributed by atoms with Crippen LogP contribution in [0.5, 0.6) is 0 Å². The quantitative estimate of drug-likeness (QED) is 0.617. The van der Waals surface area contributed by atoms with Crippen molar-refractivity contribution in [2.75, 3.05) is 0 Å². The number of hydrogen-bond acceptors (Lipinski definition) is 2. The highest BCUT2D eigenvalue weighted by molar-refractivity contribution is 6.06.